The Morgan fingerprint density at radius 2 is 2.11 bits per heavy atom. The van der Waals surface area contributed by atoms with Gasteiger partial charge in [0.25, 0.3) is 5.91 Å². The van der Waals surface area contributed by atoms with Gasteiger partial charge in [-0.05, 0) is 48.9 Å². The number of anilines is 1. The summed E-state index contributed by atoms with van der Waals surface area (Å²) in [5.74, 6) is -1.36. The molecule has 148 valence electrons. The van der Waals surface area contributed by atoms with Crippen molar-refractivity contribution in [1.29, 1.82) is 5.26 Å². The highest BCUT2D eigenvalue weighted by Gasteiger charge is 2.32. The van der Waals surface area contributed by atoms with Gasteiger partial charge in [-0.15, -0.1) is 0 Å². The summed E-state index contributed by atoms with van der Waals surface area (Å²) in [5, 5.41) is 13.3. The van der Waals surface area contributed by atoms with Crippen LogP contribution in [0, 0.1) is 17.6 Å². The Labute approximate surface area is 166 Å². The minimum absolute atomic E-state index is 0.00678. The number of urea groups is 1. The smallest absolute Gasteiger partial charge is 0.326 e. The maximum absolute atomic E-state index is 11.9. The zero-order chi connectivity index (χ0) is 20.7. The number of esters is 1. The van der Waals surface area contributed by atoms with E-state index in [-0.39, 0.29) is 37.9 Å². The van der Waals surface area contributed by atoms with E-state index in [0.717, 1.165) is 27.1 Å². The molecule has 0 spiro atoms. The van der Waals surface area contributed by atoms with Gasteiger partial charge in [0.15, 0.2) is 6.61 Å². The van der Waals surface area contributed by atoms with Crippen molar-refractivity contribution in [3.8, 4) is 5.40 Å². The third-order valence-corrected chi connectivity index (χ3v) is 4.57. The van der Waals surface area contributed by atoms with Crippen LogP contribution in [0.2, 0.25) is 0 Å². The molecule has 1 N–H and O–H groups in total. The molecule has 2 rings (SSSR count). The van der Waals surface area contributed by atoms with Crippen LogP contribution < -0.4 is 5.32 Å². The van der Waals surface area contributed by atoms with Crippen LogP contribution in [0.1, 0.15) is 18.4 Å². The first-order valence-electron chi connectivity index (χ1n) is 8.49. The predicted octanol–water partition coefficient (Wildman–Crippen LogP) is 1.72. The molecule has 1 fully saturated rings. The highest BCUT2D eigenvalue weighted by atomic mass is 32.2. The second kappa shape index (κ2) is 9.75. The van der Waals surface area contributed by atoms with Crippen molar-refractivity contribution in [2.24, 2.45) is 0 Å². The number of imide groups is 1. The van der Waals surface area contributed by atoms with Crippen LogP contribution in [0.5, 0.6) is 0 Å². The van der Waals surface area contributed by atoms with Crippen molar-refractivity contribution in [3.63, 3.8) is 0 Å². The summed E-state index contributed by atoms with van der Waals surface area (Å²) < 4.78 is 4.92. The largest absolute Gasteiger partial charge is 0.456 e. The lowest BCUT2D eigenvalue weighted by Gasteiger charge is -2.13. The molecule has 1 aromatic rings. The topological polar surface area (TPSA) is 120 Å². The number of aryl methyl sites for hydroxylation is 1. The number of carbonyl (C=O) groups excluding carboxylic acids is 4. The Balaban J connectivity index is 1.71. The number of thiocyanates is 1. The standard InChI is InChI=1S/C18H20N4O5S/c1-12-8-13(28-11-19)5-6-14(12)20-15(23)10-27-17(25)4-3-7-22-16(24)9-21(2)18(22)26/h5-6,8H,3-4,7,9-10H2,1-2H3,(H,20,23). The zero-order valence-corrected chi connectivity index (χ0v) is 16.4. The number of amides is 4. The summed E-state index contributed by atoms with van der Waals surface area (Å²) in [7, 11) is 1.53. The van der Waals surface area contributed by atoms with Crippen LogP contribution in [0.4, 0.5) is 10.5 Å². The monoisotopic (exact) mass is 404 g/mol. The zero-order valence-electron chi connectivity index (χ0n) is 15.6. The Hall–Kier alpha value is -3.06. The number of nitriles is 1. The number of hydrogen-bond donors (Lipinski definition) is 1. The molecule has 0 aliphatic carbocycles. The third-order valence-electron chi connectivity index (χ3n) is 3.99. The van der Waals surface area contributed by atoms with Crippen LogP contribution in [0.25, 0.3) is 0 Å². The molecule has 1 aliphatic heterocycles. The molecule has 28 heavy (non-hydrogen) atoms. The molecule has 0 aromatic heterocycles. The van der Waals surface area contributed by atoms with Gasteiger partial charge < -0.3 is 15.0 Å². The van der Waals surface area contributed by atoms with Gasteiger partial charge in [-0.1, -0.05) is 0 Å². The van der Waals surface area contributed by atoms with Crippen LogP contribution in [0.3, 0.4) is 0 Å². The van der Waals surface area contributed by atoms with Gasteiger partial charge in [0, 0.05) is 30.6 Å². The molecule has 4 amide bonds. The fraction of sp³-hybridized carbons (Fsp3) is 0.389. The van der Waals surface area contributed by atoms with E-state index >= 15 is 0 Å². The summed E-state index contributed by atoms with van der Waals surface area (Å²) in [6.45, 7) is 1.54. The van der Waals surface area contributed by atoms with Crippen molar-refractivity contribution in [2.75, 3.05) is 32.1 Å². The first-order chi connectivity index (χ1) is 13.3. The summed E-state index contributed by atoms with van der Waals surface area (Å²) in [4.78, 5) is 50.2. The number of thioether (sulfide) groups is 1. The third kappa shape index (κ3) is 5.72. The number of nitrogens with zero attached hydrogens (tertiary/aromatic N) is 3. The first-order valence-corrected chi connectivity index (χ1v) is 9.31. The molecule has 1 heterocycles. The first kappa shape index (κ1) is 21.2. The lowest BCUT2D eigenvalue weighted by atomic mass is 10.2. The van der Waals surface area contributed by atoms with E-state index in [1.807, 2.05) is 5.40 Å². The van der Waals surface area contributed by atoms with Crippen molar-refractivity contribution in [2.45, 2.75) is 24.7 Å². The summed E-state index contributed by atoms with van der Waals surface area (Å²) in [6, 6.07) is 4.78. The van der Waals surface area contributed by atoms with Gasteiger partial charge in [0.05, 0.1) is 0 Å². The molecule has 0 bridgehead atoms. The molecule has 1 aliphatic rings. The van der Waals surface area contributed by atoms with Gasteiger partial charge in [0.2, 0.25) is 5.91 Å². The van der Waals surface area contributed by atoms with E-state index in [9.17, 15) is 19.2 Å². The van der Waals surface area contributed by atoms with E-state index in [2.05, 4.69) is 5.32 Å². The van der Waals surface area contributed by atoms with Crippen molar-refractivity contribution >= 4 is 41.3 Å². The van der Waals surface area contributed by atoms with E-state index in [0.29, 0.717) is 5.69 Å². The Kier molecular flexibility index (Phi) is 7.40. The molecule has 0 atom stereocenters. The molecule has 0 radical (unpaired) electrons. The summed E-state index contributed by atoms with van der Waals surface area (Å²) in [6.07, 6.45) is 0.260. The normalized spacial score (nSPS) is 13.5. The summed E-state index contributed by atoms with van der Waals surface area (Å²) in [5.41, 5.74) is 1.35. The average molecular weight is 404 g/mol. The molecule has 1 aromatic carbocycles. The lowest BCUT2D eigenvalue weighted by Crippen LogP contribution is -2.32. The highest BCUT2D eigenvalue weighted by Crippen LogP contribution is 2.23. The van der Waals surface area contributed by atoms with Crippen LogP contribution in [0.15, 0.2) is 23.1 Å². The molecule has 0 unspecified atom stereocenters. The Bertz CT molecular complexity index is 836. The van der Waals surface area contributed by atoms with Gasteiger partial charge >= 0.3 is 12.0 Å². The fourth-order valence-electron chi connectivity index (χ4n) is 2.57. The predicted molar refractivity (Wildman–Crippen MR) is 101 cm³/mol. The van der Waals surface area contributed by atoms with Crippen LogP contribution in [-0.2, 0) is 19.1 Å². The van der Waals surface area contributed by atoms with Crippen molar-refractivity contribution in [1.82, 2.24) is 9.80 Å². The average Bonchev–Trinajstić information content (AvgIpc) is 2.88. The highest BCUT2D eigenvalue weighted by molar-refractivity contribution is 8.03. The minimum Gasteiger partial charge on any atom is -0.456 e. The maximum atomic E-state index is 11.9. The van der Waals surface area contributed by atoms with Crippen molar-refractivity contribution in [3.05, 3.63) is 23.8 Å². The van der Waals surface area contributed by atoms with Gasteiger partial charge in [0.1, 0.15) is 11.9 Å². The van der Waals surface area contributed by atoms with Crippen LogP contribution >= 0.6 is 11.8 Å². The number of likely N-dealkylation sites (N-methyl/N-ethyl adjacent to an activating group) is 1. The second-order valence-corrected chi connectivity index (χ2v) is 7.02. The quantitative estimate of drug-likeness (QED) is 0.303. The molecule has 1 saturated heterocycles. The summed E-state index contributed by atoms with van der Waals surface area (Å²) >= 11 is 1.02. The van der Waals surface area contributed by atoms with Gasteiger partial charge in [-0.3, -0.25) is 19.3 Å². The minimum atomic E-state index is -0.583. The number of ether oxygens (including phenoxy) is 1. The lowest BCUT2D eigenvalue weighted by molar-refractivity contribution is -0.147. The molecule has 0 saturated carbocycles. The number of hydrogen-bond acceptors (Lipinski definition) is 7. The second-order valence-electron chi connectivity index (χ2n) is 6.17. The molecular formula is C18H20N4O5S. The van der Waals surface area contributed by atoms with Crippen LogP contribution in [-0.4, -0.2) is 60.4 Å². The number of rotatable bonds is 8. The van der Waals surface area contributed by atoms with E-state index in [1.54, 1.807) is 25.1 Å². The molecular weight excluding hydrogens is 384 g/mol. The van der Waals surface area contributed by atoms with E-state index in [1.165, 1.54) is 11.9 Å². The fourth-order valence-corrected chi connectivity index (χ4v) is 3.04. The van der Waals surface area contributed by atoms with E-state index in [4.69, 9.17) is 10.00 Å². The maximum Gasteiger partial charge on any atom is 0.326 e. The number of benzene rings is 1. The molecule has 10 heteroatoms. The van der Waals surface area contributed by atoms with Gasteiger partial charge in [-0.2, -0.15) is 5.26 Å². The Morgan fingerprint density at radius 3 is 2.71 bits per heavy atom. The Morgan fingerprint density at radius 1 is 1.36 bits per heavy atom. The number of nitrogens with one attached hydrogen (secondary N) is 1. The van der Waals surface area contributed by atoms with Crippen molar-refractivity contribution < 1.29 is 23.9 Å². The molecule has 9 nitrogen and oxygen atoms in total. The SMILES string of the molecule is Cc1cc(SC#N)ccc1NC(=O)COC(=O)CCCN1C(=O)CN(C)C1=O. The van der Waals surface area contributed by atoms with E-state index < -0.39 is 18.5 Å². The van der Waals surface area contributed by atoms with Gasteiger partial charge in [-0.25, -0.2) is 4.79 Å². The number of carbonyl (C=O) groups is 4.